The summed E-state index contributed by atoms with van der Waals surface area (Å²) in [4.78, 5) is 12.6. The van der Waals surface area contributed by atoms with Crippen LogP contribution in [0.5, 0.6) is 5.75 Å². The number of benzene rings is 3. The Balaban J connectivity index is 1.74. The monoisotopic (exact) mass is 410 g/mol. The number of anilines is 2. The first-order valence-corrected chi connectivity index (χ1v) is 10.6. The fraction of sp³-hybridized carbons (Fsp3) is 0.136. The molecular formula is C22H22N2O4S. The van der Waals surface area contributed by atoms with E-state index >= 15 is 0 Å². The Morgan fingerprint density at radius 2 is 1.62 bits per heavy atom. The smallest absolute Gasteiger partial charge is 0.261 e. The minimum absolute atomic E-state index is 0.107. The maximum atomic E-state index is 12.6. The number of rotatable bonds is 7. The summed E-state index contributed by atoms with van der Waals surface area (Å²) in [7, 11) is -3.79. The van der Waals surface area contributed by atoms with Crippen molar-refractivity contribution in [1.82, 2.24) is 0 Å². The van der Waals surface area contributed by atoms with Gasteiger partial charge in [-0.2, -0.15) is 0 Å². The number of hydrogen-bond acceptors (Lipinski definition) is 4. The lowest BCUT2D eigenvalue weighted by Gasteiger charge is -2.11. The van der Waals surface area contributed by atoms with Gasteiger partial charge in [0.05, 0.1) is 11.5 Å². The molecular weight excluding hydrogens is 388 g/mol. The lowest BCUT2D eigenvalue weighted by atomic mass is 10.2. The first kappa shape index (κ1) is 20.4. The van der Waals surface area contributed by atoms with Gasteiger partial charge in [-0.05, 0) is 68.4 Å². The van der Waals surface area contributed by atoms with Crippen molar-refractivity contribution in [1.29, 1.82) is 0 Å². The van der Waals surface area contributed by atoms with Gasteiger partial charge in [-0.1, -0.05) is 23.8 Å². The van der Waals surface area contributed by atoms with Crippen LogP contribution >= 0.6 is 0 Å². The van der Waals surface area contributed by atoms with Crippen LogP contribution in [0.2, 0.25) is 0 Å². The molecule has 1 amide bonds. The first-order valence-electron chi connectivity index (χ1n) is 9.11. The van der Waals surface area contributed by atoms with Crippen LogP contribution in [0.1, 0.15) is 22.8 Å². The van der Waals surface area contributed by atoms with Crippen LogP contribution in [0.4, 0.5) is 11.4 Å². The number of hydrogen-bond donors (Lipinski definition) is 2. The zero-order valence-corrected chi connectivity index (χ0v) is 17.0. The molecule has 0 unspecified atom stereocenters. The Kier molecular flexibility index (Phi) is 6.19. The molecule has 0 aliphatic rings. The molecule has 29 heavy (non-hydrogen) atoms. The molecule has 7 heteroatoms. The molecule has 0 aliphatic carbocycles. The van der Waals surface area contributed by atoms with Crippen molar-refractivity contribution in [2.75, 3.05) is 16.6 Å². The van der Waals surface area contributed by atoms with E-state index in [0.29, 0.717) is 29.3 Å². The molecule has 0 bridgehead atoms. The number of ether oxygens (including phenoxy) is 1. The van der Waals surface area contributed by atoms with Crippen molar-refractivity contribution in [3.05, 3.63) is 83.9 Å². The first-order chi connectivity index (χ1) is 13.9. The van der Waals surface area contributed by atoms with Crippen molar-refractivity contribution in [2.45, 2.75) is 18.7 Å². The van der Waals surface area contributed by atoms with Crippen molar-refractivity contribution in [2.24, 2.45) is 0 Å². The van der Waals surface area contributed by atoms with Crippen LogP contribution in [0.15, 0.2) is 77.7 Å². The number of carbonyl (C=O) groups excluding carboxylic acids is 1. The molecule has 0 spiro atoms. The largest absolute Gasteiger partial charge is 0.494 e. The number of sulfonamides is 1. The predicted molar refractivity (Wildman–Crippen MR) is 114 cm³/mol. The lowest BCUT2D eigenvalue weighted by molar-refractivity contribution is 0.102. The predicted octanol–water partition coefficient (Wildman–Crippen LogP) is 4.45. The number of amides is 1. The third-order valence-electron chi connectivity index (χ3n) is 4.13. The Hall–Kier alpha value is -3.32. The van der Waals surface area contributed by atoms with Gasteiger partial charge in [-0.3, -0.25) is 9.52 Å². The van der Waals surface area contributed by atoms with E-state index in [1.807, 2.05) is 38.1 Å². The fourth-order valence-corrected chi connectivity index (χ4v) is 3.71. The SMILES string of the molecule is CCOc1ccc(S(=O)(=O)Nc2cccc(C(=O)Nc3ccc(C)cc3)c2)cc1. The molecule has 0 saturated heterocycles. The molecule has 3 rings (SSSR count). The zero-order valence-electron chi connectivity index (χ0n) is 16.2. The van der Waals surface area contributed by atoms with Crippen molar-refractivity contribution < 1.29 is 17.9 Å². The highest BCUT2D eigenvalue weighted by Crippen LogP contribution is 2.20. The average molecular weight is 410 g/mol. The Labute approximate surface area is 170 Å². The molecule has 150 valence electrons. The molecule has 3 aromatic rings. The van der Waals surface area contributed by atoms with Gasteiger partial charge in [-0.15, -0.1) is 0 Å². The minimum Gasteiger partial charge on any atom is -0.494 e. The number of nitrogens with one attached hydrogen (secondary N) is 2. The standard InChI is InChI=1S/C22H22N2O4S/c1-3-28-20-11-13-21(14-12-20)29(26,27)24-19-6-4-5-17(15-19)22(25)23-18-9-7-16(2)8-10-18/h4-15,24H,3H2,1-2H3,(H,23,25). The molecule has 3 aromatic carbocycles. The third kappa shape index (κ3) is 5.36. The Morgan fingerprint density at radius 3 is 2.28 bits per heavy atom. The van der Waals surface area contributed by atoms with Gasteiger partial charge in [0.25, 0.3) is 15.9 Å². The molecule has 0 saturated carbocycles. The summed E-state index contributed by atoms with van der Waals surface area (Å²) in [6, 6.07) is 19.9. The molecule has 0 fully saturated rings. The zero-order chi connectivity index (χ0) is 20.9. The molecule has 0 atom stereocenters. The van der Waals surface area contributed by atoms with Crippen LogP contribution in [-0.4, -0.2) is 20.9 Å². The summed E-state index contributed by atoms with van der Waals surface area (Å²) in [5.74, 6) is 0.275. The van der Waals surface area contributed by atoms with Gasteiger partial charge in [0, 0.05) is 16.9 Å². The second-order valence-electron chi connectivity index (χ2n) is 6.41. The molecule has 0 radical (unpaired) electrons. The second kappa shape index (κ2) is 8.79. The van der Waals surface area contributed by atoms with Crippen molar-refractivity contribution >= 4 is 27.3 Å². The van der Waals surface area contributed by atoms with E-state index in [2.05, 4.69) is 10.0 Å². The molecule has 0 aliphatic heterocycles. The fourth-order valence-electron chi connectivity index (χ4n) is 2.66. The molecule has 6 nitrogen and oxygen atoms in total. The third-order valence-corrected chi connectivity index (χ3v) is 5.53. The average Bonchev–Trinajstić information content (AvgIpc) is 2.70. The van der Waals surface area contributed by atoms with Crippen LogP contribution in [-0.2, 0) is 10.0 Å². The highest BCUT2D eigenvalue weighted by atomic mass is 32.2. The minimum atomic E-state index is -3.79. The lowest BCUT2D eigenvalue weighted by Crippen LogP contribution is -2.15. The van der Waals surface area contributed by atoms with Crippen LogP contribution in [0.3, 0.4) is 0 Å². The van der Waals surface area contributed by atoms with Gasteiger partial charge < -0.3 is 10.1 Å². The number of carbonyl (C=O) groups is 1. The quantitative estimate of drug-likeness (QED) is 0.603. The van der Waals surface area contributed by atoms with Gasteiger partial charge in [0.15, 0.2) is 0 Å². The van der Waals surface area contributed by atoms with Crippen LogP contribution < -0.4 is 14.8 Å². The van der Waals surface area contributed by atoms with Gasteiger partial charge in [-0.25, -0.2) is 8.42 Å². The van der Waals surface area contributed by atoms with E-state index in [4.69, 9.17) is 4.74 Å². The van der Waals surface area contributed by atoms with E-state index in [1.165, 1.54) is 18.2 Å². The summed E-state index contributed by atoms with van der Waals surface area (Å²) in [6.07, 6.45) is 0. The van der Waals surface area contributed by atoms with Gasteiger partial charge in [0.1, 0.15) is 5.75 Å². The summed E-state index contributed by atoms with van der Waals surface area (Å²) in [5, 5.41) is 2.80. The summed E-state index contributed by atoms with van der Waals surface area (Å²) < 4.78 is 33.1. The van der Waals surface area contributed by atoms with Crippen LogP contribution in [0, 0.1) is 6.92 Å². The van der Waals surface area contributed by atoms with Gasteiger partial charge >= 0.3 is 0 Å². The van der Waals surface area contributed by atoms with E-state index < -0.39 is 10.0 Å². The highest BCUT2D eigenvalue weighted by Gasteiger charge is 2.15. The maximum absolute atomic E-state index is 12.6. The van der Waals surface area contributed by atoms with Crippen molar-refractivity contribution in [3.8, 4) is 5.75 Å². The molecule has 2 N–H and O–H groups in total. The van der Waals surface area contributed by atoms with Crippen LogP contribution in [0.25, 0.3) is 0 Å². The van der Waals surface area contributed by atoms with Gasteiger partial charge in [0.2, 0.25) is 0 Å². The molecule has 0 heterocycles. The molecule has 0 aromatic heterocycles. The topological polar surface area (TPSA) is 84.5 Å². The number of aryl methyl sites for hydroxylation is 1. The normalized spacial score (nSPS) is 11.0. The highest BCUT2D eigenvalue weighted by molar-refractivity contribution is 7.92. The summed E-state index contributed by atoms with van der Waals surface area (Å²) >= 11 is 0. The van der Waals surface area contributed by atoms with E-state index in [9.17, 15) is 13.2 Å². The summed E-state index contributed by atoms with van der Waals surface area (Å²) in [6.45, 7) is 4.32. The second-order valence-corrected chi connectivity index (χ2v) is 8.09. The Morgan fingerprint density at radius 1 is 0.931 bits per heavy atom. The van der Waals surface area contributed by atoms with E-state index in [1.54, 1.807) is 30.3 Å². The Bertz CT molecular complexity index is 1090. The van der Waals surface area contributed by atoms with E-state index in [-0.39, 0.29) is 10.8 Å². The maximum Gasteiger partial charge on any atom is 0.261 e. The summed E-state index contributed by atoms with van der Waals surface area (Å²) in [5.41, 5.74) is 2.41. The van der Waals surface area contributed by atoms with E-state index in [0.717, 1.165) is 5.56 Å². The van der Waals surface area contributed by atoms with Crippen molar-refractivity contribution in [3.63, 3.8) is 0 Å².